The Morgan fingerprint density at radius 3 is 2.48 bits per heavy atom. The minimum absolute atomic E-state index is 0.0874. The van der Waals surface area contributed by atoms with Gasteiger partial charge >= 0.3 is 0 Å². The quantitative estimate of drug-likeness (QED) is 0.695. The number of halogens is 2. The van der Waals surface area contributed by atoms with E-state index >= 15 is 0 Å². The van der Waals surface area contributed by atoms with Gasteiger partial charge in [-0.15, -0.1) is 0 Å². The van der Waals surface area contributed by atoms with Gasteiger partial charge in [0.15, 0.2) is 0 Å². The van der Waals surface area contributed by atoms with Gasteiger partial charge in [0.2, 0.25) is 5.91 Å². The SMILES string of the molecule is CCOc1ccccc1/C=C/C(=O)N1CCN(C(=O)c2ccc(F)cc2Cl)CC1. The number of piperazine rings is 1. The lowest BCUT2D eigenvalue weighted by atomic mass is 10.1. The second kappa shape index (κ2) is 9.56. The van der Waals surface area contributed by atoms with E-state index in [2.05, 4.69) is 0 Å². The summed E-state index contributed by atoms with van der Waals surface area (Å²) >= 11 is 5.99. The van der Waals surface area contributed by atoms with Gasteiger partial charge < -0.3 is 14.5 Å². The van der Waals surface area contributed by atoms with Crippen LogP contribution in [0.2, 0.25) is 5.02 Å². The van der Waals surface area contributed by atoms with Crippen molar-refractivity contribution in [3.8, 4) is 5.75 Å². The van der Waals surface area contributed by atoms with Crippen LogP contribution in [0.4, 0.5) is 4.39 Å². The van der Waals surface area contributed by atoms with Crippen LogP contribution in [0, 0.1) is 5.82 Å². The Balaban J connectivity index is 1.59. The summed E-state index contributed by atoms with van der Waals surface area (Å²) in [6, 6.07) is 11.2. The van der Waals surface area contributed by atoms with E-state index in [0.29, 0.717) is 32.8 Å². The molecule has 152 valence electrons. The van der Waals surface area contributed by atoms with E-state index in [9.17, 15) is 14.0 Å². The molecule has 2 aromatic carbocycles. The topological polar surface area (TPSA) is 49.9 Å². The zero-order valence-corrected chi connectivity index (χ0v) is 16.9. The van der Waals surface area contributed by atoms with Crippen molar-refractivity contribution < 1.29 is 18.7 Å². The maximum absolute atomic E-state index is 13.2. The van der Waals surface area contributed by atoms with Crippen molar-refractivity contribution in [2.75, 3.05) is 32.8 Å². The fraction of sp³-hybridized carbons (Fsp3) is 0.273. The predicted molar refractivity (Wildman–Crippen MR) is 111 cm³/mol. The maximum atomic E-state index is 13.2. The lowest BCUT2D eigenvalue weighted by molar-refractivity contribution is -0.127. The number of rotatable bonds is 5. The maximum Gasteiger partial charge on any atom is 0.255 e. The number of carbonyl (C=O) groups excluding carboxylic acids is 2. The zero-order valence-electron chi connectivity index (χ0n) is 16.1. The van der Waals surface area contributed by atoms with Gasteiger partial charge in [-0.3, -0.25) is 9.59 Å². The van der Waals surface area contributed by atoms with Crippen LogP contribution >= 0.6 is 11.6 Å². The summed E-state index contributed by atoms with van der Waals surface area (Å²) in [4.78, 5) is 28.4. The fourth-order valence-corrected chi connectivity index (χ4v) is 3.38. The van der Waals surface area contributed by atoms with Gasteiger partial charge in [0.1, 0.15) is 11.6 Å². The molecule has 1 saturated heterocycles. The van der Waals surface area contributed by atoms with Crippen molar-refractivity contribution in [2.45, 2.75) is 6.92 Å². The molecule has 1 aliphatic rings. The highest BCUT2D eigenvalue weighted by Gasteiger charge is 2.25. The highest BCUT2D eigenvalue weighted by molar-refractivity contribution is 6.33. The van der Waals surface area contributed by atoms with Crippen molar-refractivity contribution in [1.82, 2.24) is 9.80 Å². The highest BCUT2D eigenvalue weighted by Crippen LogP contribution is 2.21. The molecule has 2 aromatic rings. The summed E-state index contributed by atoms with van der Waals surface area (Å²) in [6.07, 6.45) is 3.26. The van der Waals surface area contributed by atoms with Crippen LogP contribution in [0.15, 0.2) is 48.5 Å². The molecule has 29 heavy (non-hydrogen) atoms. The first kappa shape index (κ1) is 20.9. The Kier molecular flexibility index (Phi) is 6.88. The van der Waals surface area contributed by atoms with Gasteiger partial charge in [0.25, 0.3) is 5.91 Å². The summed E-state index contributed by atoms with van der Waals surface area (Å²) in [5.41, 5.74) is 1.10. The molecule has 0 bridgehead atoms. The lowest BCUT2D eigenvalue weighted by Gasteiger charge is -2.34. The first-order valence-electron chi connectivity index (χ1n) is 9.42. The number of ether oxygens (including phenoxy) is 1. The Morgan fingerprint density at radius 2 is 1.79 bits per heavy atom. The second-order valence-corrected chi connectivity index (χ2v) is 6.95. The minimum Gasteiger partial charge on any atom is -0.493 e. The number of amides is 2. The molecular weight excluding hydrogens is 395 g/mol. The molecule has 0 aliphatic carbocycles. The van der Waals surface area contributed by atoms with Gasteiger partial charge in [-0.2, -0.15) is 0 Å². The summed E-state index contributed by atoms with van der Waals surface area (Å²) in [6.45, 7) is 4.07. The third kappa shape index (κ3) is 5.15. The van der Waals surface area contributed by atoms with Gasteiger partial charge in [0, 0.05) is 37.8 Å². The molecule has 0 radical (unpaired) electrons. The third-order valence-electron chi connectivity index (χ3n) is 4.66. The van der Waals surface area contributed by atoms with Crippen molar-refractivity contribution in [2.24, 2.45) is 0 Å². The number of para-hydroxylation sites is 1. The summed E-state index contributed by atoms with van der Waals surface area (Å²) in [7, 11) is 0. The van der Waals surface area contributed by atoms with Crippen LogP contribution in [-0.2, 0) is 4.79 Å². The molecule has 0 saturated carbocycles. The monoisotopic (exact) mass is 416 g/mol. The molecule has 3 rings (SSSR count). The van der Waals surface area contributed by atoms with Crippen LogP contribution in [0.1, 0.15) is 22.8 Å². The smallest absolute Gasteiger partial charge is 0.255 e. The molecule has 0 atom stereocenters. The molecule has 5 nitrogen and oxygen atoms in total. The van der Waals surface area contributed by atoms with Gasteiger partial charge in [-0.1, -0.05) is 29.8 Å². The Hall–Kier alpha value is -2.86. The van der Waals surface area contributed by atoms with Gasteiger partial charge in [0.05, 0.1) is 17.2 Å². The molecule has 7 heteroatoms. The number of hydrogen-bond acceptors (Lipinski definition) is 3. The molecule has 1 fully saturated rings. The standard InChI is InChI=1S/C22H22ClFN2O3/c1-2-29-20-6-4-3-5-16(20)7-10-21(27)25-11-13-26(14-12-25)22(28)18-9-8-17(24)15-19(18)23/h3-10,15H,2,11-14H2,1H3/b10-7+. The molecule has 0 N–H and O–H groups in total. The van der Waals surface area contributed by atoms with Crippen LogP contribution in [0.3, 0.4) is 0 Å². The van der Waals surface area contributed by atoms with Crippen LogP contribution < -0.4 is 4.74 Å². The third-order valence-corrected chi connectivity index (χ3v) is 4.98. The Bertz CT molecular complexity index is 924. The first-order valence-corrected chi connectivity index (χ1v) is 9.80. The zero-order chi connectivity index (χ0) is 20.8. The second-order valence-electron chi connectivity index (χ2n) is 6.55. The average Bonchev–Trinajstić information content (AvgIpc) is 2.73. The summed E-state index contributed by atoms with van der Waals surface area (Å²) < 4.78 is 18.7. The molecule has 2 amide bonds. The van der Waals surface area contributed by atoms with Gasteiger partial charge in [-0.25, -0.2) is 4.39 Å². The Labute approximate surface area is 174 Å². The Morgan fingerprint density at radius 1 is 1.10 bits per heavy atom. The number of benzene rings is 2. The predicted octanol–water partition coefficient (Wildman–Crippen LogP) is 3.88. The molecule has 0 aromatic heterocycles. The van der Waals surface area contributed by atoms with Crippen LogP contribution in [0.5, 0.6) is 5.75 Å². The molecular formula is C22H22ClFN2O3. The number of hydrogen-bond donors (Lipinski definition) is 0. The van der Waals surface area contributed by atoms with Crippen LogP contribution in [-0.4, -0.2) is 54.4 Å². The molecule has 1 heterocycles. The minimum atomic E-state index is -0.486. The fourth-order valence-electron chi connectivity index (χ4n) is 3.13. The van der Waals surface area contributed by atoms with Crippen LogP contribution in [0.25, 0.3) is 6.08 Å². The van der Waals surface area contributed by atoms with Crippen molar-refractivity contribution in [3.05, 3.63) is 70.5 Å². The van der Waals surface area contributed by atoms with E-state index in [-0.39, 0.29) is 22.4 Å². The summed E-state index contributed by atoms with van der Waals surface area (Å²) in [5.74, 6) is -0.142. The average molecular weight is 417 g/mol. The normalized spacial score (nSPS) is 14.3. The highest BCUT2D eigenvalue weighted by atomic mass is 35.5. The van der Waals surface area contributed by atoms with E-state index in [1.165, 1.54) is 18.2 Å². The van der Waals surface area contributed by atoms with E-state index < -0.39 is 5.82 Å². The molecule has 0 spiro atoms. The van der Waals surface area contributed by atoms with Crippen molar-refractivity contribution in [3.63, 3.8) is 0 Å². The van der Waals surface area contributed by atoms with E-state index in [0.717, 1.165) is 17.4 Å². The van der Waals surface area contributed by atoms with E-state index in [1.54, 1.807) is 15.9 Å². The summed E-state index contributed by atoms with van der Waals surface area (Å²) in [5, 5.41) is 0.0874. The number of nitrogens with zero attached hydrogens (tertiary/aromatic N) is 2. The molecule has 0 unspecified atom stereocenters. The largest absolute Gasteiger partial charge is 0.493 e. The van der Waals surface area contributed by atoms with Crippen molar-refractivity contribution >= 4 is 29.5 Å². The van der Waals surface area contributed by atoms with E-state index in [4.69, 9.17) is 16.3 Å². The lowest BCUT2D eigenvalue weighted by Crippen LogP contribution is -2.50. The number of carbonyl (C=O) groups is 2. The van der Waals surface area contributed by atoms with Crippen molar-refractivity contribution in [1.29, 1.82) is 0 Å². The first-order chi connectivity index (χ1) is 14.0. The molecule has 1 aliphatic heterocycles. The van der Waals surface area contributed by atoms with E-state index in [1.807, 2.05) is 31.2 Å². The van der Waals surface area contributed by atoms with Gasteiger partial charge in [-0.05, 0) is 37.3 Å².